The van der Waals surface area contributed by atoms with Crippen molar-refractivity contribution in [2.24, 2.45) is 0 Å². The van der Waals surface area contributed by atoms with Gasteiger partial charge < -0.3 is 17.6 Å². The Labute approximate surface area is 229 Å². The standard InChI is InChI=1S/C31H47BF2N2OSi/c1-24-22-26(3)35-30(24)29(31-25(2)23-27(4)36(31)32(35,33)34)18-12-8-6-7-11-16-28(37)17-15-21-38(5)19-13-9-10-14-20-38/h9-10,22-23H,6-8,11-21H2,1-5H3. The summed E-state index contributed by atoms with van der Waals surface area (Å²) in [4.78, 5) is 12.4. The number of aromatic nitrogens is 1. The van der Waals surface area contributed by atoms with Gasteiger partial charge in [-0.3, -0.25) is 4.79 Å². The minimum absolute atomic E-state index is 0.438. The maximum absolute atomic E-state index is 15.7. The van der Waals surface area contributed by atoms with Gasteiger partial charge in [-0.05, 0) is 76.6 Å². The zero-order chi connectivity index (χ0) is 27.5. The van der Waals surface area contributed by atoms with Crippen molar-refractivity contribution in [3.05, 3.63) is 52.5 Å². The summed E-state index contributed by atoms with van der Waals surface area (Å²) in [5.74, 6) is 0.438. The molecule has 0 radical (unpaired) electrons. The van der Waals surface area contributed by atoms with E-state index in [9.17, 15) is 4.79 Å². The molecule has 3 aliphatic heterocycles. The van der Waals surface area contributed by atoms with Gasteiger partial charge in [-0.25, -0.2) is 0 Å². The number of hydrogen-bond acceptors (Lipinski definition) is 1. The molecule has 1 aromatic heterocycles. The van der Waals surface area contributed by atoms with Crippen LogP contribution in [0.1, 0.15) is 101 Å². The highest BCUT2D eigenvalue weighted by Crippen LogP contribution is 2.43. The summed E-state index contributed by atoms with van der Waals surface area (Å²) >= 11 is 0. The molecular weight excluding hydrogens is 493 g/mol. The van der Waals surface area contributed by atoms with Crippen molar-refractivity contribution in [3.8, 4) is 0 Å². The Hall–Kier alpha value is -2.02. The van der Waals surface area contributed by atoms with E-state index in [4.69, 9.17) is 0 Å². The van der Waals surface area contributed by atoms with Crippen LogP contribution in [0.3, 0.4) is 0 Å². The zero-order valence-corrected chi connectivity index (χ0v) is 25.3. The molecule has 7 heteroatoms. The molecular formula is C31H47BF2N2OSi. The maximum atomic E-state index is 15.7. The number of ketones is 1. The monoisotopic (exact) mass is 540 g/mol. The first kappa shape index (κ1) is 29.0. The fourth-order valence-corrected chi connectivity index (χ4v) is 10.6. The number of aryl methyl sites for hydroxylation is 2. The molecule has 208 valence electrons. The van der Waals surface area contributed by atoms with Gasteiger partial charge in [0.25, 0.3) is 0 Å². The molecule has 0 aromatic carbocycles. The lowest BCUT2D eigenvalue weighted by molar-refractivity contribution is -0.363. The van der Waals surface area contributed by atoms with Crippen molar-refractivity contribution in [1.29, 1.82) is 0 Å². The van der Waals surface area contributed by atoms with E-state index in [1.54, 1.807) is 13.8 Å². The molecule has 3 nitrogen and oxygen atoms in total. The Bertz CT molecular complexity index is 1180. The van der Waals surface area contributed by atoms with E-state index in [-0.39, 0.29) is 0 Å². The molecule has 0 amide bonds. The average Bonchev–Trinajstić information content (AvgIpc) is 3.22. The Morgan fingerprint density at radius 3 is 2.32 bits per heavy atom. The molecule has 0 bridgehead atoms. The van der Waals surface area contributed by atoms with Crippen molar-refractivity contribution in [2.45, 2.75) is 123 Å². The largest absolute Gasteiger partial charge is 0.737 e. The summed E-state index contributed by atoms with van der Waals surface area (Å²) in [6.45, 7) is 6.14. The van der Waals surface area contributed by atoms with Gasteiger partial charge in [0.2, 0.25) is 0 Å². The molecule has 0 N–H and O–H groups in total. The van der Waals surface area contributed by atoms with E-state index in [0.717, 1.165) is 79.5 Å². The SMILES string of the molecule is CC1=CC(C)=[N+]2C1=C(CCCCCCCC(=O)CCC[Si]1(C)CCC=CCC1)c1c(C)cc(C)n1[B-]2(F)F. The second-order valence-electron chi connectivity index (χ2n) is 12.5. The molecule has 0 saturated heterocycles. The number of unbranched alkanes of at least 4 members (excludes halogenated alkanes) is 4. The van der Waals surface area contributed by atoms with E-state index in [1.165, 1.54) is 39.9 Å². The van der Waals surface area contributed by atoms with E-state index in [1.807, 2.05) is 26.0 Å². The summed E-state index contributed by atoms with van der Waals surface area (Å²) in [6.07, 6.45) is 17.6. The molecule has 0 aliphatic carbocycles. The number of Topliss-reactive ketones (excluding diaryl/α,β-unsaturated/α-hetero) is 1. The molecule has 4 heterocycles. The number of rotatable bonds is 12. The van der Waals surface area contributed by atoms with Crippen LogP contribution in [0.4, 0.5) is 8.63 Å². The molecule has 1 aromatic rings. The summed E-state index contributed by atoms with van der Waals surface area (Å²) in [5.41, 5.74) is 5.65. The van der Waals surface area contributed by atoms with Crippen LogP contribution in [0.2, 0.25) is 24.7 Å². The smallest absolute Gasteiger partial charge is 0.394 e. The lowest BCUT2D eigenvalue weighted by Gasteiger charge is -2.34. The van der Waals surface area contributed by atoms with Crippen LogP contribution in [-0.2, 0) is 4.79 Å². The molecule has 0 fully saturated rings. The van der Waals surface area contributed by atoms with E-state index in [2.05, 4.69) is 18.7 Å². The molecule has 4 rings (SSSR count). The predicted molar refractivity (Wildman–Crippen MR) is 160 cm³/mol. The normalized spacial score (nSPS) is 19.9. The minimum Gasteiger partial charge on any atom is -0.394 e. The van der Waals surface area contributed by atoms with Crippen molar-refractivity contribution >= 4 is 32.1 Å². The van der Waals surface area contributed by atoms with Gasteiger partial charge in [0.1, 0.15) is 11.5 Å². The van der Waals surface area contributed by atoms with Crippen LogP contribution in [0, 0.1) is 13.8 Å². The molecule has 0 unspecified atom stereocenters. The highest BCUT2D eigenvalue weighted by atomic mass is 28.3. The van der Waals surface area contributed by atoms with E-state index < -0.39 is 15.0 Å². The highest BCUT2D eigenvalue weighted by Gasteiger charge is 2.54. The quantitative estimate of drug-likeness (QED) is 0.148. The summed E-state index contributed by atoms with van der Waals surface area (Å²) in [5, 5.41) is 0. The number of allylic oxidation sites excluding steroid dienone is 5. The van der Waals surface area contributed by atoms with Crippen LogP contribution in [0.15, 0.2) is 35.6 Å². The first-order chi connectivity index (χ1) is 18.0. The first-order valence-corrected chi connectivity index (χ1v) is 18.1. The van der Waals surface area contributed by atoms with Gasteiger partial charge in [-0.1, -0.05) is 56.1 Å². The van der Waals surface area contributed by atoms with Gasteiger partial charge >= 0.3 is 6.97 Å². The fourth-order valence-electron chi connectivity index (χ4n) is 7.13. The number of carbonyl (C=O) groups is 1. The molecule has 0 spiro atoms. The second kappa shape index (κ2) is 12.0. The predicted octanol–water partition coefficient (Wildman–Crippen LogP) is 8.99. The molecule has 38 heavy (non-hydrogen) atoms. The number of nitrogens with zero attached hydrogens (tertiary/aromatic N) is 2. The first-order valence-electron chi connectivity index (χ1n) is 15.0. The van der Waals surface area contributed by atoms with Gasteiger partial charge in [0.15, 0.2) is 5.70 Å². The van der Waals surface area contributed by atoms with Crippen molar-refractivity contribution in [2.75, 3.05) is 0 Å². The second-order valence-corrected chi connectivity index (χ2v) is 17.6. The fraction of sp³-hybridized carbons (Fsp3) is 0.613. The zero-order valence-electron chi connectivity index (χ0n) is 24.3. The lowest BCUT2D eigenvalue weighted by atomic mass is 9.84. The summed E-state index contributed by atoms with van der Waals surface area (Å²) < 4.78 is 33.9. The van der Waals surface area contributed by atoms with Crippen LogP contribution < -0.4 is 0 Å². The maximum Gasteiger partial charge on any atom is 0.737 e. The van der Waals surface area contributed by atoms with Crippen molar-refractivity contribution in [3.63, 3.8) is 0 Å². The number of carbonyl (C=O) groups excluding carboxylic acids is 1. The van der Waals surface area contributed by atoms with E-state index >= 15 is 8.63 Å². The van der Waals surface area contributed by atoms with Crippen LogP contribution in [-0.4, -0.2) is 35.5 Å². The van der Waals surface area contributed by atoms with Crippen LogP contribution in [0.5, 0.6) is 0 Å². The lowest BCUT2D eigenvalue weighted by Crippen LogP contribution is -2.51. The molecule has 0 atom stereocenters. The minimum atomic E-state index is -3.88. The number of hydrogen-bond donors (Lipinski definition) is 0. The van der Waals surface area contributed by atoms with Gasteiger partial charge in [-0.15, -0.1) is 0 Å². The Kier molecular flexibility index (Phi) is 9.16. The van der Waals surface area contributed by atoms with Gasteiger partial charge in [-0.2, -0.15) is 0 Å². The molecule has 3 aliphatic rings. The highest BCUT2D eigenvalue weighted by molar-refractivity contribution is 6.78. The Morgan fingerprint density at radius 1 is 0.974 bits per heavy atom. The number of fused-ring (bicyclic) bond motifs is 2. The Balaban J connectivity index is 1.23. The van der Waals surface area contributed by atoms with Crippen LogP contribution in [0.25, 0.3) is 5.57 Å². The third-order valence-electron chi connectivity index (χ3n) is 9.15. The summed E-state index contributed by atoms with van der Waals surface area (Å²) in [6, 6.07) is 5.97. The third kappa shape index (κ3) is 6.08. The number of halogens is 2. The summed E-state index contributed by atoms with van der Waals surface area (Å²) in [7, 11) is -1.14. The van der Waals surface area contributed by atoms with Crippen LogP contribution >= 0.6 is 0 Å². The van der Waals surface area contributed by atoms with Crippen molar-refractivity contribution in [1.82, 2.24) is 4.48 Å². The van der Waals surface area contributed by atoms with Gasteiger partial charge in [0, 0.05) is 42.7 Å². The topological polar surface area (TPSA) is 25.0 Å². The molecule has 0 saturated carbocycles. The van der Waals surface area contributed by atoms with Gasteiger partial charge in [0.05, 0.1) is 8.07 Å². The van der Waals surface area contributed by atoms with Crippen molar-refractivity contribution < 1.29 is 17.9 Å². The Morgan fingerprint density at radius 2 is 1.61 bits per heavy atom. The van der Waals surface area contributed by atoms with E-state index in [0.29, 0.717) is 23.6 Å². The average molecular weight is 541 g/mol. The third-order valence-corrected chi connectivity index (χ3v) is 13.7.